The zero-order chi connectivity index (χ0) is 13.3. The summed E-state index contributed by atoms with van der Waals surface area (Å²) in [6.45, 7) is 2.16. The van der Waals surface area contributed by atoms with Crippen LogP contribution in [0.25, 0.3) is 5.57 Å². The van der Waals surface area contributed by atoms with Gasteiger partial charge in [0.15, 0.2) is 0 Å². The molecule has 6 heteroatoms. The molecule has 0 radical (unpaired) electrons. The zero-order valence-corrected chi connectivity index (χ0v) is 9.70. The van der Waals surface area contributed by atoms with E-state index in [0.29, 0.717) is 29.7 Å². The Morgan fingerprint density at radius 3 is 2.83 bits per heavy atom. The van der Waals surface area contributed by atoms with E-state index in [1.807, 2.05) is 6.92 Å². The molecule has 0 fully saturated rings. The van der Waals surface area contributed by atoms with Crippen LogP contribution in [-0.4, -0.2) is 17.4 Å². The van der Waals surface area contributed by atoms with Crippen LogP contribution in [-0.2, 0) is 4.79 Å². The van der Waals surface area contributed by atoms with Crippen molar-refractivity contribution < 1.29 is 14.1 Å². The van der Waals surface area contributed by atoms with Crippen LogP contribution in [0.15, 0.2) is 23.8 Å². The van der Waals surface area contributed by atoms with Crippen LogP contribution in [0.3, 0.4) is 0 Å². The maximum atomic E-state index is 13.2. The molecule has 0 aliphatic carbocycles. The van der Waals surface area contributed by atoms with Gasteiger partial charge in [-0.3, -0.25) is 14.9 Å². The Labute approximate surface area is 102 Å². The van der Waals surface area contributed by atoms with Crippen molar-refractivity contribution in [3.8, 4) is 0 Å². The normalized spacial score (nSPS) is 14.9. The van der Waals surface area contributed by atoms with Gasteiger partial charge in [-0.05, 0) is 23.6 Å². The summed E-state index contributed by atoms with van der Waals surface area (Å²) in [6, 6.07) is 3.67. The Kier molecular flexibility index (Phi) is 3.10. The molecular formula is C12H11FN2O3. The molecular weight excluding hydrogens is 239 g/mol. The van der Waals surface area contributed by atoms with Crippen molar-refractivity contribution >= 4 is 17.2 Å². The second-order valence-electron chi connectivity index (χ2n) is 3.92. The second kappa shape index (κ2) is 4.56. The first kappa shape index (κ1) is 12.2. The molecule has 1 amide bonds. The smallest absolute Gasteiger partial charge is 0.305 e. The van der Waals surface area contributed by atoms with Gasteiger partial charge in [-0.25, -0.2) is 0 Å². The quantitative estimate of drug-likeness (QED) is 0.659. The average Bonchev–Trinajstić information content (AvgIpc) is 2.70. The first-order valence-electron chi connectivity index (χ1n) is 5.49. The molecule has 1 aromatic carbocycles. The van der Waals surface area contributed by atoms with Gasteiger partial charge in [-0.15, -0.1) is 0 Å². The lowest BCUT2D eigenvalue weighted by molar-refractivity contribution is -0.387. The molecule has 0 spiro atoms. The number of nitro benzene ring substituents is 1. The van der Waals surface area contributed by atoms with Gasteiger partial charge >= 0.3 is 5.69 Å². The third-order valence-electron chi connectivity index (χ3n) is 2.91. The number of amides is 1. The van der Waals surface area contributed by atoms with Crippen molar-refractivity contribution in [2.45, 2.75) is 13.3 Å². The van der Waals surface area contributed by atoms with Crippen molar-refractivity contribution in [1.29, 1.82) is 0 Å². The van der Waals surface area contributed by atoms with Gasteiger partial charge in [0.25, 0.3) is 0 Å². The Bertz CT molecular complexity index is 566. The van der Waals surface area contributed by atoms with Gasteiger partial charge in [-0.2, -0.15) is 4.39 Å². The number of hydrogen-bond donors (Lipinski definition) is 1. The van der Waals surface area contributed by atoms with Crippen molar-refractivity contribution in [3.05, 3.63) is 45.3 Å². The highest BCUT2D eigenvalue weighted by Gasteiger charge is 2.24. The van der Waals surface area contributed by atoms with E-state index < -0.39 is 16.4 Å². The van der Waals surface area contributed by atoms with Crippen molar-refractivity contribution in [3.63, 3.8) is 0 Å². The summed E-state index contributed by atoms with van der Waals surface area (Å²) < 4.78 is 13.2. The summed E-state index contributed by atoms with van der Waals surface area (Å²) in [4.78, 5) is 21.4. The molecule has 1 aromatic rings. The number of carbonyl (C=O) groups excluding carboxylic acids is 1. The lowest BCUT2D eigenvalue weighted by atomic mass is 10.00. The molecule has 0 bridgehead atoms. The molecule has 5 nitrogen and oxygen atoms in total. The third kappa shape index (κ3) is 1.97. The number of carbonyl (C=O) groups is 1. The van der Waals surface area contributed by atoms with E-state index in [4.69, 9.17) is 0 Å². The fourth-order valence-corrected chi connectivity index (χ4v) is 2.01. The minimum atomic E-state index is -0.875. The number of nitrogens with zero attached hydrogens (tertiary/aromatic N) is 1. The summed E-state index contributed by atoms with van der Waals surface area (Å²) in [5.41, 5.74) is 1.23. The second-order valence-corrected chi connectivity index (χ2v) is 3.92. The summed E-state index contributed by atoms with van der Waals surface area (Å²) >= 11 is 0. The summed E-state index contributed by atoms with van der Waals surface area (Å²) in [6.07, 6.45) is 0.534. The first-order chi connectivity index (χ1) is 8.54. The van der Waals surface area contributed by atoms with Crippen LogP contribution >= 0.6 is 0 Å². The fourth-order valence-electron chi connectivity index (χ4n) is 2.01. The number of nitro groups is 1. The molecule has 0 saturated carbocycles. The van der Waals surface area contributed by atoms with Crippen LogP contribution in [0.4, 0.5) is 10.1 Å². The van der Waals surface area contributed by atoms with Gasteiger partial charge in [0.2, 0.25) is 11.7 Å². The van der Waals surface area contributed by atoms with Gasteiger partial charge < -0.3 is 5.32 Å². The van der Waals surface area contributed by atoms with E-state index in [9.17, 15) is 19.3 Å². The highest BCUT2D eigenvalue weighted by molar-refractivity contribution is 6.06. The van der Waals surface area contributed by atoms with Crippen LogP contribution in [0, 0.1) is 15.9 Å². The predicted molar refractivity (Wildman–Crippen MR) is 63.3 cm³/mol. The molecule has 1 aliphatic heterocycles. The summed E-state index contributed by atoms with van der Waals surface area (Å²) in [5.74, 6) is -1.04. The number of nitrogens with one attached hydrogen (secondary N) is 1. The van der Waals surface area contributed by atoms with Crippen molar-refractivity contribution in [1.82, 2.24) is 5.32 Å². The third-order valence-corrected chi connectivity index (χ3v) is 2.91. The first-order valence-corrected chi connectivity index (χ1v) is 5.49. The van der Waals surface area contributed by atoms with E-state index >= 15 is 0 Å². The van der Waals surface area contributed by atoms with Crippen LogP contribution < -0.4 is 5.32 Å². The van der Waals surface area contributed by atoms with Gasteiger partial charge in [0, 0.05) is 18.2 Å². The van der Waals surface area contributed by atoms with Gasteiger partial charge in [-0.1, -0.05) is 13.0 Å². The lowest BCUT2D eigenvalue weighted by Crippen LogP contribution is -2.17. The van der Waals surface area contributed by atoms with E-state index in [1.165, 1.54) is 12.1 Å². The number of benzene rings is 1. The van der Waals surface area contributed by atoms with Crippen LogP contribution in [0.5, 0.6) is 0 Å². The van der Waals surface area contributed by atoms with Crippen molar-refractivity contribution in [2.24, 2.45) is 0 Å². The minimum Gasteiger partial charge on any atom is -0.348 e. The average molecular weight is 250 g/mol. The van der Waals surface area contributed by atoms with Gasteiger partial charge in [0.05, 0.1) is 4.92 Å². The molecule has 1 heterocycles. The summed E-state index contributed by atoms with van der Waals surface area (Å²) in [5, 5.41) is 13.3. The standard InChI is InChI=1S/C12H11FN2O3/c1-2-8-9(6-14-12(8)16)7-3-4-10(13)11(5-7)15(17)18/h3-5H,2,6H2,1H3,(H,14,16). The molecule has 2 rings (SSSR count). The fraction of sp³-hybridized carbons (Fsp3) is 0.250. The molecule has 0 saturated heterocycles. The number of halogens is 1. The monoisotopic (exact) mass is 250 g/mol. The molecule has 1 aliphatic rings. The molecule has 0 aromatic heterocycles. The van der Waals surface area contributed by atoms with E-state index in [0.717, 1.165) is 6.07 Å². The predicted octanol–water partition coefficient (Wildman–Crippen LogP) is 2.03. The molecule has 94 valence electrons. The summed E-state index contributed by atoms with van der Waals surface area (Å²) in [7, 11) is 0. The minimum absolute atomic E-state index is 0.167. The molecule has 1 N–H and O–H groups in total. The van der Waals surface area contributed by atoms with Crippen LogP contribution in [0.2, 0.25) is 0 Å². The lowest BCUT2D eigenvalue weighted by Gasteiger charge is -2.04. The molecule has 0 unspecified atom stereocenters. The van der Waals surface area contributed by atoms with Crippen molar-refractivity contribution in [2.75, 3.05) is 6.54 Å². The highest BCUT2D eigenvalue weighted by Crippen LogP contribution is 2.28. The number of rotatable bonds is 3. The van der Waals surface area contributed by atoms with E-state index in [1.54, 1.807) is 0 Å². The Morgan fingerprint density at radius 1 is 1.50 bits per heavy atom. The van der Waals surface area contributed by atoms with E-state index in [2.05, 4.69) is 5.32 Å². The van der Waals surface area contributed by atoms with Crippen LogP contribution in [0.1, 0.15) is 18.9 Å². The largest absolute Gasteiger partial charge is 0.348 e. The molecule has 0 atom stereocenters. The maximum absolute atomic E-state index is 13.2. The zero-order valence-electron chi connectivity index (χ0n) is 9.70. The Morgan fingerprint density at radius 2 is 2.22 bits per heavy atom. The Balaban J connectivity index is 2.53. The highest BCUT2D eigenvalue weighted by atomic mass is 19.1. The Hall–Kier alpha value is -2.24. The van der Waals surface area contributed by atoms with Gasteiger partial charge in [0.1, 0.15) is 0 Å². The molecule has 18 heavy (non-hydrogen) atoms. The SMILES string of the molecule is CCC1=C(c2ccc(F)c([N+](=O)[O-])c2)CNC1=O. The maximum Gasteiger partial charge on any atom is 0.305 e. The van der Waals surface area contributed by atoms with E-state index in [-0.39, 0.29) is 5.91 Å². The number of hydrogen-bond acceptors (Lipinski definition) is 3. The topological polar surface area (TPSA) is 72.2 Å².